The lowest BCUT2D eigenvalue weighted by molar-refractivity contribution is -0.120. The van der Waals surface area contributed by atoms with Gasteiger partial charge in [0.05, 0.1) is 13.0 Å². The van der Waals surface area contributed by atoms with E-state index in [4.69, 9.17) is 0 Å². The van der Waals surface area contributed by atoms with E-state index in [0.717, 1.165) is 22.4 Å². The summed E-state index contributed by atoms with van der Waals surface area (Å²) in [6.45, 7) is 6.36. The van der Waals surface area contributed by atoms with Gasteiger partial charge in [0.2, 0.25) is 5.91 Å². The lowest BCUT2D eigenvalue weighted by Gasteiger charge is -2.23. The van der Waals surface area contributed by atoms with E-state index in [-0.39, 0.29) is 17.9 Å². The summed E-state index contributed by atoms with van der Waals surface area (Å²) in [5, 5.41) is 2.90. The lowest BCUT2D eigenvalue weighted by atomic mass is 10.1. The predicted octanol–water partition coefficient (Wildman–Crippen LogP) is 4.91. The minimum absolute atomic E-state index is 0.00498. The number of aryl methyl sites for hydroxylation is 1. The number of hydrogen-bond acceptors (Lipinski definition) is 2. The van der Waals surface area contributed by atoms with Crippen molar-refractivity contribution in [2.24, 2.45) is 0 Å². The summed E-state index contributed by atoms with van der Waals surface area (Å²) in [4.78, 5) is 27.1. The van der Waals surface area contributed by atoms with Crippen LogP contribution in [-0.4, -0.2) is 17.9 Å². The third kappa shape index (κ3) is 5.80. The van der Waals surface area contributed by atoms with E-state index >= 15 is 0 Å². The normalized spacial score (nSPS) is 10.7. The van der Waals surface area contributed by atoms with Crippen molar-refractivity contribution in [3.8, 4) is 0 Å². The van der Waals surface area contributed by atoms with Crippen molar-refractivity contribution in [1.29, 1.82) is 0 Å². The number of amides is 2. The summed E-state index contributed by atoms with van der Waals surface area (Å²) in [6.07, 6.45) is 0.322. The average molecular weight is 401 g/mol. The molecule has 0 bridgehead atoms. The number of carbonyl (C=O) groups excluding carboxylic acids is 2. The Morgan fingerprint density at radius 1 is 0.833 bits per heavy atom. The molecule has 3 rings (SSSR count). The molecular weight excluding hydrogens is 372 g/mol. The average Bonchev–Trinajstić information content (AvgIpc) is 2.73. The van der Waals surface area contributed by atoms with E-state index in [1.807, 2.05) is 99.6 Å². The highest BCUT2D eigenvalue weighted by Gasteiger charge is 2.18. The van der Waals surface area contributed by atoms with Crippen molar-refractivity contribution < 1.29 is 9.59 Å². The van der Waals surface area contributed by atoms with Crippen molar-refractivity contribution in [3.05, 3.63) is 101 Å². The molecule has 3 aromatic carbocycles. The summed E-state index contributed by atoms with van der Waals surface area (Å²) in [5.41, 5.74) is 4.54. The van der Waals surface area contributed by atoms with Gasteiger partial charge >= 0.3 is 0 Å². The smallest absolute Gasteiger partial charge is 0.258 e. The van der Waals surface area contributed by atoms with Gasteiger partial charge in [0.25, 0.3) is 5.91 Å². The maximum absolute atomic E-state index is 13.3. The zero-order valence-electron chi connectivity index (χ0n) is 17.8. The second-order valence-corrected chi connectivity index (χ2v) is 7.81. The van der Waals surface area contributed by atoms with Crippen molar-refractivity contribution in [2.75, 3.05) is 4.90 Å². The third-order valence-corrected chi connectivity index (χ3v) is 4.79. The van der Waals surface area contributed by atoms with Crippen LogP contribution in [0.15, 0.2) is 78.9 Å². The van der Waals surface area contributed by atoms with Gasteiger partial charge in [0.15, 0.2) is 0 Å². The lowest BCUT2D eigenvalue weighted by Crippen LogP contribution is -2.31. The molecule has 4 heteroatoms. The highest BCUT2D eigenvalue weighted by molar-refractivity contribution is 6.06. The van der Waals surface area contributed by atoms with Gasteiger partial charge in [-0.3, -0.25) is 9.59 Å². The summed E-state index contributed by atoms with van der Waals surface area (Å²) in [5.74, 6) is -0.0567. The van der Waals surface area contributed by atoms with Crippen LogP contribution in [0.2, 0.25) is 0 Å². The molecule has 0 unspecified atom stereocenters. The second-order valence-electron chi connectivity index (χ2n) is 7.81. The Balaban J connectivity index is 1.85. The highest BCUT2D eigenvalue weighted by atomic mass is 16.2. The standard InChI is InChI=1S/C26H28N2O2/c1-19(2)27-25(29)17-21-11-15-24(16-12-21)28(18-22-7-5-4-6-8-22)26(30)23-13-9-20(3)10-14-23/h4-16,19H,17-18H2,1-3H3,(H,27,29). The first-order valence-corrected chi connectivity index (χ1v) is 10.2. The number of carbonyl (C=O) groups is 2. The Morgan fingerprint density at radius 3 is 2.07 bits per heavy atom. The molecular formula is C26H28N2O2. The monoisotopic (exact) mass is 400 g/mol. The molecule has 3 aromatic rings. The largest absolute Gasteiger partial charge is 0.354 e. The van der Waals surface area contributed by atoms with Crippen molar-refractivity contribution in [2.45, 2.75) is 39.8 Å². The number of benzene rings is 3. The van der Waals surface area contributed by atoms with Gasteiger partial charge in [-0.15, -0.1) is 0 Å². The zero-order valence-corrected chi connectivity index (χ0v) is 17.8. The fourth-order valence-electron chi connectivity index (χ4n) is 3.25. The van der Waals surface area contributed by atoms with Gasteiger partial charge in [-0.1, -0.05) is 60.2 Å². The van der Waals surface area contributed by atoms with E-state index in [1.54, 1.807) is 4.90 Å². The van der Waals surface area contributed by atoms with Gasteiger partial charge in [-0.05, 0) is 56.2 Å². The Morgan fingerprint density at radius 2 is 1.47 bits per heavy atom. The van der Waals surface area contributed by atoms with Crippen LogP contribution in [0.1, 0.15) is 40.9 Å². The molecule has 0 heterocycles. The summed E-state index contributed by atoms with van der Waals surface area (Å²) < 4.78 is 0. The van der Waals surface area contributed by atoms with E-state index in [2.05, 4.69) is 5.32 Å². The van der Waals surface area contributed by atoms with E-state index in [9.17, 15) is 9.59 Å². The third-order valence-electron chi connectivity index (χ3n) is 4.79. The van der Waals surface area contributed by atoms with Crippen LogP contribution in [0, 0.1) is 6.92 Å². The topological polar surface area (TPSA) is 49.4 Å². The quantitative estimate of drug-likeness (QED) is 0.613. The summed E-state index contributed by atoms with van der Waals surface area (Å²) in [7, 11) is 0. The SMILES string of the molecule is Cc1ccc(C(=O)N(Cc2ccccc2)c2ccc(CC(=O)NC(C)C)cc2)cc1. The highest BCUT2D eigenvalue weighted by Crippen LogP contribution is 2.22. The van der Waals surface area contributed by atoms with Gasteiger partial charge in [0.1, 0.15) is 0 Å². The van der Waals surface area contributed by atoms with E-state index in [1.165, 1.54) is 0 Å². The van der Waals surface area contributed by atoms with Gasteiger partial charge in [-0.2, -0.15) is 0 Å². The van der Waals surface area contributed by atoms with Gasteiger partial charge in [-0.25, -0.2) is 0 Å². The molecule has 0 aromatic heterocycles. The molecule has 0 aliphatic carbocycles. The van der Waals surface area contributed by atoms with Crippen LogP contribution in [0.25, 0.3) is 0 Å². The number of anilines is 1. The van der Waals surface area contributed by atoms with Crippen LogP contribution in [-0.2, 0) is 17.8 Å². The summed E-state index contributed by atoms with van der Waals surface area (Å²) in [6, 6.07) is 25.3. The molecule has 0 aliphatic rings. The number of rotatable bonds is 7. The van der Waals surface area contributed by atoms with Crippen LogP contribution in [0.4, 0.5) is 5.69 Å². The molecule has 0 fully saturated rings. The van der Waals surface area contributed by atoms with E-state index in [0.29, 0.717) is 18.5 Å². The molecule has 0 saturated carbocycles. The van der Waals surface area contributed by atoms with Crippen molar-refractivity contribution >= 4 is 17.5 Å². The van der Waals surface area contributed by atoms with Gasteiger partial charge < -0.3 is 10.2 Å². The van der Waals surface area contributed by atoms with Crippen LogP contribution in [0.5, 0.6) is 0 Å². The fourth-order valence-corrected chi connectivity index (χ4v) is 3.25. The first kappa shape index (κ1) is 21.3. The van der Waals surface area contributed by atoms with Crippen molar-refractivity contribution in [1.82, 2.24) is 5.32 Å². The van der Waals surface area contributed by atoms with Gasteiger partial charge in [0, 0.05) is 17.3 Å². The van der Waals surface area contributed by atoms with Crippen LogP contribution >= 0.6 is 0 Å². The maximum Gasteiger partial charge on any atom is 0.258 e. The molecule has 0 spiro atoms. The first-order chi connectivity index (χ1) is 14.4. The molecule has 30 heavy (non-hydrogen) atoms. The number of nitrogens with zero attached hydrogens (tertiary/aromatic N) is 1. The Labute approximate surface area is 178 Å². The number of nitrogens with one attached hydrogen (secondary N) is 1. The fraction of sp³-hybridized carbons (Fsp3) is 0.231. The molecule has 0 atom stereocenters. The minimum Gasteiger partial charge on any atom is -0.354 e. The van der Waals surface area contributed by atoms with Crippen LogP contribution in [0.3, 0.4) is 0 Å². The maximum atomic E-state index is 13.3. The molecule has 0 aliphatic heterocycles. The number of hydrogen-bond donors (Lipinski definition) is 1. The van der Waals surface area contributed by atoms with Crippen LogP contribution < -0.4 is 10.2 Å². The van der Waals surface area contributed by atoms with Crippen molar-refractivity contribution in [3.63, 3.8) is 0 Å². The Bertz CT molecular complexity index is 978. The molecule has 1 N–H and O–H groups in total. The zero-order chi connectivity index (χ0) is 21.5. The molecule has 0 saturated heterocycles. The molecule has 154 valence electrons. The van der Waals surface area contributed by atoms with E-state index < -0.39 is 0 Å². The predicted molar refractivity (Wildman–Crippen MR) is 122 cm³/mol. The summed E-state index contributed by atoms with van der Waals surface area (Å²) >= 11 is 0. The Kier molecular flexibility index (Phi) is 7.02. The molecule has 2 amide bonds. The second kappa shape index (κ2) is 9.88. The Hall–Kier alpha value is -3.40. The molecule has 4 nitrogen and oxygen atoms in total. The first-order valence-electron chi connectivity index (χ1n) is 10.2. The minimum atomic E-state index is -0.0517. The molecule has 0 radical (unpaired) electrons.